The van der Waals surface area contributed by atoms with Crippen LogP contribution in [0.4, 0.5) is 0 Å². The minimum Gasteiger partial charge on any atom is -0.310 e. The third-order valence-electron chi connectivity index (χ3n) is 4.38. The Labute approximate surface area is 112 Å². The quantitative estimate of drug-likeness (QED) is 0.798. The van der Waals surface area contributed by atoms with E-state index in [-0.39, 0.29) is 0 Å². The van der Waals surface area contributed by atoms with Crippen LogP contribution >= 0.6 is 11.8 Å². The maximum absolute atomic E-state index is 3.96. The summed E-state index contributed by atoms with van der Waals surface area (Å²) in [6, 6.07) is 1.50. The molecule has 0 amide bonds. The molecule has 2 rings (SSSR count). The zero-order valence-electron chi connectivity index (χ0n) is 12.2. The van der Waals surface area contributed by atoms with Crippen molar-refractivity contribution in [1.82, 2.24) is 5.32 Å². The smallest absolute Gasteiger partial charge is 0.0194 e. The fraction of sp³-hybridized carbons (Fsp3) is 1.00. The fourth-order valence-corrected chi connectivity index (χ4v) is 5.43. The van der Waals surface area contributed by atoms with Gasteiger partial charge < -0.3 is 5.32 Å². The summed E-state index contributed by atoms with van der Waals surface area (Å²) in [5.74, 6) is 1.35. The Morgan fingerprint density at radius 3 is 2.12 bits per heavy atom. The number of hydrogen-bond acceptors (Lipinski definition) is 2. The van der Waals surface area contributed by atoms with Crippen molar-refractivity contribution in [2.24, 2.45) is 10.8 Å². The molecule has 1 aliphatic heterocycles. The highest BCUT2D eigenvalue weighted by molar-refractivity contribution is 8.00. The molecule has 0 spiro atoms. The lowest BCUT2D eigenvalue weighted by atomic mass is 9.63. The molecule has 1 N–H and O–H groups in total. The summed E-state index contributed by atoms with van der Waals surface area (Å²) in [6.07, 6.45) is 5.44. The third-order valence-corrected chi connectivity index (χ3v) is 5.71. The van der Waals surface area contributed by atoms with Crippen molar-refractivity contribution in [2.75, 3.05) is 5.75 Å². The summed E-state index contributed by atoms with van der Waals surface area (Å²) in [6.45, 7) is 12.1. The van der Waals surface area contributed by atoms with E-state index in [4.69, 9.17) is 0 Å². The molecular formula is C15H29NS. The molecule has 2 fully saturated rings. The predicted molar refractivity (Wildman–Crippen MR) is 78.7 cm³/mol. The average molecular weight is 255 g/mol. The molecule has 0 aromatic heterocycles. The second-order valence-electron chi connectivity index (χ2n) is 7.75. The van der Waals surface area contributed by atoms with Crippen molar-refractivity contribution in [2.45, 2.75) is 77.6 Å². The Morgan fingerprint density at radius 2 is 1.65 bits per heavy atom. The first-order valence-corrected chi connectivity index (χ1v) is 8.20. The van der Waals surface area contributed by atoms with Crippen molar-refractivity contribution >= 4 is 11.8 Å². The highest BCUT2D eigenvalue weighted by atomic mass is 32.2. The molecule has 100 valence electrons. The van der Waals surface area contributed by atoms with Gasteiger partial charge in [0.1, 0.15) is 0 Å². The van der Waals surface area contributed by atoms with Gasteiger partial charge in [-0.25, -0.2) is 0 Å². The van der Waals surface area contributed by atoms with E-state index < -0.39 is 0 Å². The number of rotatable bonds is 2. The summed E-state index contributed by atoms with van der Waals surface area (Å²) in [7, 11) is 0. The van der Waals surface area contributed by atoms with E-state index in [0.29, 0.717) is 10.8 Å². The van der Waals surface area contributed by atoms with E-state index in [1.807, 2.05) is 0 Å². The van der Waals surface area contributed by atoms with Gasteiger partial charge in [-0.05, 0) is 42.3 Å². The first-order valence-electron chi connectivity index (χ1n) is 7.15. The summed E-state index contributed by atoms with van der Waals surface area (Å²) in [5, 5.41) is 4.77. The number of hydrogen-bond donors (Lipinski definition) is 1. The Hall–Kier alpha value is 0.310. The summed E-state index contributed by atoms with van der Waals surface area (Å²) >= 11 is 2.13. The van der Waals surface area contributed by atoms with E-state index in [9.17, 15) is 0 Å². The molecule has 2 heteroatoms. The summed E-state index contributed by atoms with van der Waals surface area (Å²) in [4.78, 5) is 0. The zero-order chi connectivity index (χ0) is 12.7. The molecule has 17 heavy (non-hydrogen) atoms. The number of thioether (sulfide) groups is 1. The molecule has 0 aromatic rings. The van der Waals surface area contributed by atoms with Crippen molar-refractivity contribution in [3.8, 4) is 0 Å². The first-order chi connectivity index (χ1) is 7.77. The van der Waals surface area contributed by atoms with Crippen LogP contribution in [-0.4, -0.2) is 23.1 Å². The lowest BCUT2D eigenvalue weighted by Crippen LogP contribution is -2.48. The molecule has 0 bridgehead atoms. The molecule has 1 saturated heterocycles. The predicted octanol–water partition coefficient (Wildman–Crippen LogP) is 4.07. The van der Waals surface area contributed by atoms with Crippen LogP contribution in [0.5, 0.6) is 0 Å². The van der Waals surface area contributed by atoms with Crippen LogP contribution in [0.1, 0.15) is 60.3 Å². The Bertz CT molecular complexity index is 256. The van der Waals surface area contributed by atoms with Crippen LogP contribution in [0.3, 0.4) is 0 Å². The second-order valence-corrected chi connectivity index (χ2v) is 9.23. The molecule has 0 aromatic carbocycles. The Kier molecular flexibility index (Phi) is 3.85. The monoisotopic (exact) mass is 255 g/mol. The minimum absolute atomic E-state index is 0.508. The highest BCUT2D eigenvalue weighted by Crippen LogP contribution is 2.46. The van der Waals surface area contributed by atoms with Gasteiger partial charge in [-0.15, -0.1) is 0 Å². The molecule has 1 heterocycles. The van der Waals surface area contributed by atoms with Gasteiger partial charge in [0.25, 0.3) is 0 Å². The van der Waals surface area contributed by atoms with E-state index in [0.717, 1.165) is 17.3 Å². The van der Waals surface area contributed by atoms with Crippen molar-refractivity contribution in [1.29, 1.82) is 0 Å². The van der Waals surface area contributed by atoms with Crippen molar-refractivity contribution in [3.05, 3.63) is 0 Å². The van der Waals surface area contributed by atoms with E-state index in [1.165, 1.54) is 31.4 Å². The molecule has 1 aliphatic carbocycles. The van der Waals surface area contributed by atoms with Gasteiger partial charge in [0, 0.05) is 17.3 Å². The normalized spacial score (nSPS) is 37.2. The van der Waals surface area contributed by atoms with Gasteiger partial charge >= 0.3 is 0 Å². The van der Waals surface area contributed by atoms with Crippen LogP contribution in [0.25, 0.3) is 0 Å². The molecule has 1 nitrogen and oxygen atoms in total. The van der Waals surface area contributed by atoms with E-state index in [2.05, 4.69) is 51.7 Å². The van der Waals surface area contributed by atoms with Crippen molar-refractivity contribution in [3.63, 3.8) is 0 Å². The molecule has 2 aliphatic rings. The van der Waals surface area contributed by atoms with Crippen LogP contribution in [-0.2, 0) is 0 Å². The maximum atomic E-state index is 3.96. The lowest BCUT2D eigenvalue weighted by Gasteiger charge is -2.46. The van der Waals surface area contributed by atoms with Gasteiger partial charge in [0.2, 0.25) is 0 Å². The SMILES string of the molecule is CC1SCCC1NC1CC(C)(C)CC(C)(C)C1. The molecule has 1 saturated carbocycles. The third kappa shape index (κ3) is 3.64. The van der Waals surface area contributed by atoms with Crippen molar-refractivity contribution < 1.29 is 0 Å². The molecule has 2 unspecified atom stereocenters. The number of nitrogens with one attached hydrogen (secondary N) is 1. The van der Waals surface area contributed by atoms with Gasteiger partial charge in [0.15, 0.2) is 0 Å². The Morgan fingerprint density at radius 1 is 1.06 bits per heavy atom. The summed E-state index contributed by atoms with van der Waals surface area (Å²) in [5.41, 5.74) is 1.02. The molecular weight excluding hydrogens is 226 g/mol. The standard InChI is InChI=1S/C15H29NS/c1-11-13(6-7-17-11)16-12-8-14(2,3)10-15(4,5)9-12/h11-13,16H,6-10H2,1-5H3. The van der Waals surface area contributed by atoms with Crippen LogP contribution < -0.4 is 5.32 Å². The zero-order valence-corrected chi connectivity index (χ0v) is 13.0. The first kappa shape index (κ1) is 13.7. The second kappa shape index (κ2) is 4.77. The lowest BCUT2D eigenvalue weighted by molar-refractivity contribution is 0.0804. The van der Waals surface area contributed by atoms with Gasteiger partial charge in [-0.3, -0.25) is 0 Å². The average Bonchev–Trinajstić information content (AvgIpc) is 2.45. The van der Waals surface area contributed by atoms with E-state index in [1.54, 1.807) is 0 Å². The van der Waals surface area contributed by atoms with Crippen LogP contribution in [0, 0.1) is 10.8 Å². The Balaban J connectivity index is 1.96. The van der Waals surface area contributed by atoms with E-state index >= 15 is 0 Å². The maximum Gasteiger partial charge on any atom is 0.0194 e. The molecule has 2 atom stereocenters. The minimum atomic E-state index is 0.508. The van der Waals surface area contributed by atoms with Gasteiger partial charge in [-0.1, -0.05) is 34.6 Å². The fourth-order valence-electron chi connectivity index (χ4n) is 4.22. The molecule has 0 radical (unpaired) electrons. The van der Waals surface area contributed by atoms with Gasteiger partial charge in [0.05, 0.1) is 0 Å². The summed E-state index contributed by atoms with van der Waals surface area (Å²) < 4.78 is 0. The largest absolute Gasteiger partial charge is 0.310 e. The highest BCUT2D eigenvalue weighted by Gasteiger charge is 2.39. The van der Waals surface area contributed by atoms with Crippen LogP contribution in [0.2, 0.25) is 0 Å². The topological polar surface area (TPSA) is 12.0 Å². The van der Waals surface area contributed by atoms with Crippen LogP contribution in [0.15, 0.2) is 0 Å². The van der Waals surface area contributed by atoms with Gasteiger partial charge in [-0.2, -0.15) is 11.8 Å².